The molecule has 1 fully saturated rings. The minimum atomic E-state index is -0.124. The normalized spacial score (nSPS) is 19.4. The van der Waals surface area contributed by atoms with Crippen LogP contribution in [-0.4, -0.2) is 45.6 Å². The third-order valence-electron chi connectivity index (χ3n) is 5.41. The lowest BCUT2D eigenvalue weighted by Crippen LogP contribution is -2.49. The van der Waals surface area contributed by atoms with Crippen molar-refractivity contribution in [2.45, 2.75) is 45.6 Å². The monoisotopic (exact) mass is 394 g/mol. The van der Waals surface area contributed by atoms with Crippen molar-refractivity contribution in [3.05, 3.63) is 54.4 Å². The van der Waals surface area contributed by atoms with E-state index in [2.05, 4.69) is 17.3 Å². The largest absolute Gasteiger partial charge is 0.356 e. The molecular weight excluding hydrogens is 364 g/mol. The summed E-state index contributed by atoms with van der Waals surface area (Å²) in [6.45, 7) is 5.33. The van der Waals surface area contributed by atoms with Crippen LogP contribution in [0.25, 0.3) is 11.8 Å². The van der Waals surface area contributed by atoms with Crippen LogP contribution in [-0.2, 0) is 9.59 Å². The summed E-state index contributed by atoms with van der Waals surface area (Å²) in [5.74, 6) is -0.117. The molecule has 0 bridgehead atoms. The number of nitrogens with one attached hydrogen (secondary N) is 1. The molecule has 6 heteroatoms. The number of piperidine rings is 1. The van der Waals surface area contributed by atoms with Gasteiger partial charge in [0, 0.05) is 37.0 Å². The van der Waals surface area contributed by atoms with Crippen LogP contribution in [0.15, 0.2) is 48.8 Å². The molecule has 2 unspecified atom stereocenters. The van der Waals surface area contributed by atoms with Gasteiger partial charge in [-0.05, 0) is 44.4 Å². The summed E-state index contributed by atoms with van der Waals surface area (Å²) >= 11 is 0. The molecule has 1 aliphatic rings. The number of likely N-dealkylation sites (tertiary alicyclic amines) is 1. The molecule has 3 rings (SSSR count). The highest BCUT2D eigenvalue weighted by molar-refractivity contribution is 5.92. The van der Waals surface area contributed by atoms with E-state index in [0.29, 0.717) is 13.1 Å². The highest BCUT2D eigenvalue weighted by atomic mass is 16.2. The maximum Gasteiger partial charge on any atom is 0.246 e. The molecule has 154 valence electrons. The van der Waals surface area contributed by atoms with E-state index in [-0.39, 0.29) is 23.8 Å². The van der Waals surface area contributed by atoms with Gasteiger partial charge in [0.1, 0.15) is 0 Å². The Morgan fingerprint density at radius 2 is 2.03 bits per heavy atom. The molecule has 6 nitrogen and oxygen atoms in total. The van der Waals surface area contributed by atoms with E-state index < -0.39 is 0 Å². The molecule has 1 aromatic carbocycles. The molecule has 2 atom stereocenters. The fourth-order valence-corrected chi connectivity index (χ4v) is 3.57. The van der Waals surface area contributed by atoms with Crippen LogP contribution >= 0.6 is 0 Å². The second-order valence-corrected chi connectivity index (χ2v) is 7.65. The van der Waals surface area contributed by atoms with Crippen molar-refractivity contribution in [3.63, 3.8) is 0 Å². The van der Waals surface area contributed by atoms with Crippen molar-refractivity contribution >= 4 is 17.9 Å². The first-order valence-corrected chi connectivity index (χ1v) is 10.4. The van der Waals surface area contributed by atoms with Crippen LogP contribution in [0.1, 0.15) is 45.1 Å². The lowest BCUT2D eigenvalue weighted by molar-refractivity contribution is -0.134. The van der Waals surface area contributed by atoms with E-state index in [1.54, 1.807) is 23.0 Å². The Bertz CT molecular complexity index is 844. The summed E-state index contributed by atoms with van der Waals surface area (Å²) in [6, 6.07) is 9.98. The number of hydrogen-bond acceptors (Lipinski definition) is 3. The van der Waals surface area contributed by atoms with E-state index in [4.69, 9.17) is 0 Å². The summed E-state index contributed by atoms with van der Waals surface area (Å²) in [4.78, 5) is 27.0. The summed E-state index contributed by atoms with van der Waals surface area (Å²) in [5, 5.41) is 7.35. The summed E-state index contributed by atoms with van der Waals surface area (Å²) in [7, 11) is 0. The topological polar surface area (TPSA) is 67.2 Å². The molecule has 29 heavy (non-hydrogen) atoms. The van der Waals surface area contributed by atoms with Gasteiger partial charge in [-0.2, -0.15) is 5.10 Å². The van der Waals surface area contributed by atoms with Gasteiger partial charge in [-0.25, -0.2) is 4.68 Å². The zero-order chi connectivity index (χ0) is 20.6. The number of para-hydroxylation sites is 1. The number of aromatic nitrogens is 2. The highest BCUT2D eigenvalue weighted by Crippen LogP contribution is 2.22. The molecule has 0 aliphatic carbocycles. The van der Waals surface area contributed by atoms with Crippen LogP contribution in [0.3, 0.4) is 0 Å². The first-order chi connectivity index (χ1) is 14.1. The Kier molecular flexibility index (Phi) is 7.22. The number of amides is 2. The van der Waals surface area contributed by atoms with Gasteiger partial charge in [0.2, 0.25) is 11.8 Å². The predicted octanol–water partition coefficient (Wildman–Crippen LogP) is 3.43. The van der Waals surface area contributed by atoms with Crippen LogP contribution in [0.5, 0.6) is 0 Å². The second kappa shape index (κ2) is 10.0. The average molecular weight is 395 g/mol. The lowest BCUT2D eigenvalue weighted by Gasteiger charge is -2.36. The van der Waals surface area contributed by atoms with E-state index >= 15 is 0 Å². The number of benzene rings is 1. The Balaban J connectivity index is 1.60. The fourth-order valence-electron chi connectivity index (χ4n) is 3.57. The van der Waals surface area contributed by atoms with Gasteiger partial charge in [0.15, 0.2) is 0 Å². The van der Waals surface area contributed by atoms with Crippen molar-refractivity contribution in [1.82, 2.24) is 20.0 Å². The van der Waals surface area contributed by atoms with Gasteiger partial charge in [0.05, 0.1) is 17.8 Å². The first-order valence-electron chi connectivity index (χ1n) is 10.4. The maximum atomic E-state index is 12.8. The number of nitrogens with zero attached hydrogens (tertiary/aromatic N) is 3. The number of unbranched alkanes of at least 4 members (excludes halogenated alkanes) is 1. The molecule has 2 heterocycles. The quantitative estimate of drug-likeness (QED) is 0.578. The molecule has 2 amide bonds. The number of hydrogen-bond donors (Lipinski definition) is 1. The van der Waals surface area contributed by atoms with E-state index in [1.165, 1.54) is 0 Å². The smallest absolute Gasteiger partial charge is 0.246 e. The van der Waals surface area contributed by atoms with Crippen molar-refractivity contribution in [2.24, 2.45) is 5.92 Å². The van der Waals surface area contributed by atoms with Crippen molar-refractivity contribution in [1.29, 1.82) is 0 Å². The molecule has 1 saturated heterocycles. The number of carbonyl (C=O) groups is 2. The standard InChI is InChI=1S/C23H30N4O2/c1-3-4-14-24-23(29)20-12-10-18(2)26(17-20)22(28)13-11-19-15-25-27(16-19)21-8-6-5-7-9-21/h5-9,11,13,15-16,18,20H,3-4,10,12,14,17H2,1-2H3,(H,24,29). The zero-order valence-corrected chi connectivity index (χ0v) is 17.3. The van der Waals surface area contributed by atoms with Crippen LogP contribution in [0.2, 0.25) is 0 Å². The average Bonchev–Trinajstić information content (AvgIpc) is 3.22. The Morgan fingerprint density at radius 1 is 1.24 bits per heavy atom. The van der Waals surface area contributed by atoms with Crippen LogP contribution in [0.4, 0.5) is 0 Å². The Morgan fingerprint density at radius 3 is 2.79 bits per heavy atom. The minimum Gasteiger partial charge on any atom is -0.356 e. The highest BCUT2D eigenvalue weighted by Gasteiger charge is 2.31. The van der Waals surface area contributed by atoms with Crippen LogP contribution in [0, 0.1) is 5.92 Å². The summed E-state index contributed by atoms with van der Waals surface area (Å²) in [5.41, 5.74) is 1.83. The minimum absolute atomic E-state index is 0.0592. The summed E-state index contributed by atoms with van der Waals surface area (Å²) < 4.78 is 1.78. The third kappa shape index (κ3) is 5.56. The van der Waals surface area contributed by atoms with Gasteiger partial charge in [-0.1, -0.05) is 31.5 Å². The predicted molar refractivity (Wildman–Crippen MR) is 114 cm³/mol. The van der Waals surface area contributed by atoms with Crippen molar-refractivity contribution < 1.29 is 9.59 Å². The lowest BCUT2D eigenvalue weighted by atomic mass is 9.92. The second-order valence-electron chi connectivity index (χ2n) is 7.65. The van der Waals surface area contributed by atoms with Gasteiger partial charge < -0.3 is 10.2 Å². The zero-order valence-electron chi connectivity index (χ0n) is 17.3. The number of rotatable bonds is 7. The molecule has 0 radical (unpaired) electrons. The SMILES string of the molecule is CCCCNC(=O)C1CCC(C)N(C(=O)C=Cc2cnn(-c3ccccc3)c2)C1. The molecule has 0 spiro atoms. The van der Waals surface area contributed by atoms with Crippen LogP contribution < -0.4 is 5.32 Å². The molecule has 2 aromatic rings. The maximum absolute atomic E-state index is 12.8. The molecular formula is C23H30N4O2. The third-order valence-corrected chi connectivity index (χ3v) is 5.41. The number of carbonyl (C=O) groups excluding carboxylic acids is 2. The van der Waals surface area contributed by atoms with E-state index in [1.807, 2.05) is 48.4 Å². The van der Waals surface area contributed by atoms with E-state index in [0.717, 1.165) is 36.9 Å². The first kappa shape index (κ1) is 20.8. The Labute approximate surface area is 172 Å². The van der Waals surface area contributed by atoms with Gasteiger partial charge >= 0.3 is 0 Å². The van der Waals surface area contributed by atoms with E-state index in [9.17, 15) is 9.59 Å². The van der Waals surface area contributed by atoms with Crippen molar-refractivity contribution in [3.8, 4) is 5.69 Å². The molecule has 1 aromatic heterocycles. The molecule has 0 saturated carbocycles. The summed E-state index contributed by atoms with van der Waals surface area (Å²) in [6.07, 6.45) is 10.7. The Hall–Kier alpha value is -2.89. The van der Waals surface area contributed by atoms with Gasteiger partial charge in [0.25, 0.3) is 0 Å². The molecule has 1 aliphatic heterocycles. The molecule has 1 N–H and O–H groups in total. The van der Waals surface area contributed by atoms with Crippen molar-refractivity contribution in [2.75, 3.05) is 13.1 Å². The van der Waals surface area contributed by atoms with Gasteiger partial charge in [-0.3, -0.25) is 9.59 Å². The van der Waals surface area contributed by atoms with Gasteiger partial charge in [-0.15, -0.1) is 0 Å². The fraction of sp³-hybridized carbons (Fsp3) is 0.435.